The molecule has 2 atom stereocenters. The van der Waals surface area contributed by atoms with Crippen molar-refractivity contribution in [1.82, 2.24) is 9.21 Å². The largest absolute Gasteiger partial charge is 0.435 e. The van der Waals surface area contributed by atoms with Gasteiger partial charge in [0.05, 0.1) is 29.7 Å². The van der Waals surface area contributed by atoms with E-state index in [1.165, 1.54) is 24.3 Å². The van der Waals surface area contributed by atoms with Gasteiger partial charge in [0.25, 0.3) is 0 Å². The van der Waals surface area contributed by atoms with Gasteiger partial charge in [-0.25, -0.2) is 8.42 Å². The molecule has 2 aliphatic rings. The van der Waals surface area contributed by atoms with Gasteiger partial charge in [0.2, 0.25) is 15.9 Å². The van der Waals surface area contributed by atoms with Crippen molar-refractivity contribution < 1.29 is 31.5 Å². The van der Waals surface area contributed by atoms with Gasteiger partial charge in [-0.2, -0.15) is 13.1 Å². The van der Waals surface area contributed by atoms with E-state index in [1.54, 1.807) is 28.6 Å². The Morgan fingerprint density at radius 2 is 1.76 bits per heavy atom. The van der Waals surface area contributed by atoms with Crippen molar-refractivity contribution in [3.63, 3.8) is 0 Å². The highest BCUT2D eigenvalue weighted by atomic mass is 32.2. The van der Waals surface area contributed by atoms with Crippen LogP contribution in [-0.4, -0.2) is 74.6 Å². The van der Waals surface area contributed by atoms with Gasteiger partial charge in [-0.1, -0.05) is 48.0 Å². The normalized spacial score (nSPS) is 21.9. The quantitative estimate of drug-likeness (QED) is 0.384. The van der Waals surface area contributed by atoms with Gasteiger partial charge < -0.3 is 14.8 Å². The minimum atomic E-state index is -3.82. The smallest absolute Gasteiger partial charge is 0.387 e. The first kappa shape index (κ1) is 30.1. The molecule has 2 fully saturated rings. The highest BCUT2D eigenvalue weighted by Crippen LogP contribution is 2.35. The fourth-order valence-corrected chi connectivity index (χ4v) is 7.37. The molecule has 11 heteroatoms. The van der Waals surface area contributed by atoms with E-state index in [2.05, 4.69) is 10.1 Å². The van der Waals surface area contributed by atoms with Gasteiger partial charge in [-0.05, 0) is 74.7 Å². The number of halogens is 2. The lowest BCUT2D eigenvalue weighted by Crippen LogP contribution is -2.64. The average molecular weight is 600 g/mol. The molecule has 2 heterocycles. The third kappa shape index (κ3) is 7.33. The molecule has 0 bridgehead atoms. The zero-order valence-corrected chi connectivity index (χ0v) is 24.2. The number of amides is 1. The summed E-state index contributed by atoms with van der Waals surface area (Å²) in [5, 5.41) is 2.78. The molecule has 1 amide bonds. The molecule has 1 spiro atoms. The fourth-order valence-electron chi connectivity index (χ4n) is 5.68. The summed E-state index contributed by atoms with van der Waals surface area (Å²) in [7, 11) is -3.82. The second kappa shape index (κ2) is 12.9. The molecule has 0 radical (unpaired) electrons. The van der Waals surface area contributed by atoms with E-state index in [0.29, 0.717) is 31.6 Å². The molecule has 3 aromatic rings. The molecule has 2 aliphatic heterocycles. The van der Waals surface area contributed by atoms with Crippen LogP contribution in [0.5, 0.6) is 5.75 Å². The van der Waals surface area contributed by atoms with E-state index in [-0.39, 0.29) is 42.3 Å². The van der Waals surface area contributed by atoms with Crippen LogP contribution in [0.15, 0.2) is 83.8 Å². The van der Waals surface area contributed by atoms with Crippen LogP contribution >= 0.6 is 0 Å². The molecule has 1 N–H and O–H groups in total. The van der Waals surface area contributed by atoms with E-state index >= 15 is 0 Å². The first-order valence-electron chi connectivity index (χ1n) is 14.0. The Labute approximate surface area is 245 Å². The molecule has 0 aliphatic carbocycles. The van der Waals surface area contributed by atoms with Gasteiger partial charge in [0.15, 0.2) is 0 Å². The molecule has 224 valence electrons. The summed E-state index contributed by atoms with van der Waals surface area (Å²) in [6, 6.07) is 22.0. The average Bonchev–Trinajstić information content (AvgIpc) is 2.96. The number of likely N-dealkylation sites (tertiary alicyclic amines) is 1. The minimum absolute atomic E-state index is 0.00568. The van der Waals surface area contributed by atoms with Crippen molar-refractivity contribution in [1.29, 1.82) is 0 Å². The SMILES string of the molecule is Cc1ccc(S(=O)(=O)N2C[C@]3(CCCN(CC(=O)Nc4ccc(OC(F)F)cc4)C3)OC[C@@H]2Cc2ccccc2)cc1. The number of morpholine rings is 1. The number of nitrogens with one attached hydrogen (secondary N) is 1. The van der Waals surface area contributed by atoms with E-state index in [9.17, 15) is 22.0 Å². The van der Waals surface area contributed by atoms with Crippen molar-refractivity contribution in [2.45, 2.75) is 49.3 Å². The topological polar surface area (TPSA) is 88.2 Å². The van der Waals surface area contributed by atoms with Gasteiger partial charge in [0.1, 0.15) is 5.75 Å². The lowest BCUT2D eigenvalue weighted by Gasteiger charge is -2.50. The number of carbonyl (C=O) groups is 1. The number of carbonyl (C=O) groups excluding carboxylic acids is 1. The van der Waals surface area contributed by atoms with E-state index in [0.717, 1.165) is 17.5 Å². The second-order valence-corrected chi connectivity index (χ2v) is 12.9. The standard InChI is InChI=1S/C31H35F2N3O5S/c1-23-8-14-28(15-9-23)42(38,39)36-22-31(40-20-26(36)18-24-6-3-2-4-7-24)16-5-17-35(21-31)19-29(37)34-25-10-12-27(13-11-25)41-30(32)33/h2-4,6-15,26,30H,5,16-22H2,1H3,(H,34,37)/t26-,31+/m0/s1. The fraction of sp³-hybridized carbons (Fsp3) is 0.387. The summed E-state index contributed by atoms with van der Waals surface area (Å²) in [5.41, 5.74) is 1.72. The molecule has 8 nitrogen and oxygen atoms in total. The zero-order chi connectivity index (χ0) is 29.7. The van der Waals surface area contributed by atoms with Gasteiger partial charge >= 0.3 is 6.61 Å². The number of aryl methyl sites for hydroxylation is 1. The van der Waals surface area contributed by atoms with Gasteiger partial charge in [-0.15, -0.1) is 0 Å². The number of hydrogen-bond donors (Lipinski definition) is 1. The van der Waals surface area contributed by atoms with Gasteiger partial charge in [0, 0.05) is 18.8 Å². The van der Waals surface area contributed by atoms with E-state index in [1.807, 2.05) is 42.2 Å². The predicted molar refractivity (Wildman–Crippen MR) is 155 cm³/mol. The number of hydrogen-bond acceptors (Lipinski definition) is 6. The Morgan fingerprint density at radius 3 is 2.45 bits per heavy atom. The first-order chi connectivity index (χ1) is 20.1. The van der Waals surface area contributed by atoms with Crippen molar-refractivity contribution in [2.75, 3.05) is 38.1 Å². The number of benzene rings is 3. The lowest BCUT2D eigenvalue weighted by molar-refractivity contribution is -0.144. The number of alkyl halides is 2. The molecule has 0 saturated carbocycles. The number of ether oxygens (including phenoxy) is 2. The minimum Gasteiger partial charge on any atom is -0.435 e. The van der Waals surface area contributed by atoms with Crippen LogP contribution < -0.4 is 10.1 Å². The maximum absolute atomic E-state index is 14.0. The first-order valence-corrected chi connectivity index (χ1v) is 15.4. The summed E-state index contributed by atoms with van der Waals surface area (Å²) < 4.78 is 65.3. The Morgan fingerprint density at radius 1 is 1.05 bits per heavy atom. The van der Waals surface area contributed by atoms with Crippen molar-refractivity contribution in [2.24, 2.45) is 0 Å². The van der Waals surface area contributed by atoms with Crippen LogP contribution in [-0.2, 0) is 26.0 Å². The molecule has 0 aromatic heterocycles. The molecule has 42 heavy (non-hydrogen) atoms. The van der Waals surface area contributed by atoms with Crippen LogP contribution in [0.25, 0.3) is 0 Å². The number of sulfonamides is 1. The monoisotopic (exact) mass is 599 g/mol. The van der Waals surface area contributed by atoms with E-state index < -0.39 is 22.2 Å². The maximum Gasteiger partial charge on any atom is 0.387 e. The highest BCUT2D eigenvalue weighted by Gasteiger charge is 2.47. The summed E-state index contributed by atoms with van der Waals surface area (Å²) >= 11 is 0. The summed E-state index contributed by atoms with van der Waals surface area (Å²) in [6.07, 6.45) is 1.94. The molecule has 2 saturated heterocycles. The van der Waals surface area contributed by atoms with Crippen LogP contribution in [0.3, 0.4) is 0 Å². The Hall–Kier alpha value is -3.38. The number of nitrogens with zero attached hydrogens (tertiary/aromatic N) is 2. The van der Waals surface area contributed by atoms with E-state index in [4.69, 9.17) is 4.74 Å². The van der Waals surface area contributed by atoms with Crippen molar-refractivity contribution >= 4 is 21.6 Å². The summed E-state index contributed by atoms with van der Waals surface area (Å²) in [4.78, 5) is 15.1. The molecule has 3 aromatic carbocycles. The van der Waals surface area contributed by atoms with Crippen LogP contribution in [0, 0.1) is 6.92 Å². The predicted octanol–water partition coefficient (Wildman–Crippen LogP) is 4.70. The summed E-state index contributed by atoms with van der Waals surface area (Å²) in [6.45, 7) is 0.574. The van der Waals surface area contributed by atoms with Crippen molar-refractivity contribution in [3.05, 3.63) is 90.0 Å². The van der Waals surface area contributed by atoms with Crippen LogP contribution in [0.1, 0.15) is 24.0 Å². The molecular formula is C31H35F2N3O5S. The maximum atomic E-state index is 14.0. The summed E-state index contributed by atoms with van der Waals surface area (Å²) in [5.74, 6) is -0.261. The second-order valence-electron chi connectivity index (χ2n) is 11.0. The zero-order valence-electron chi connectivity index (χ0n) is 23.4. The van der Waals surface area contributed by atoms with Crippen LogP contribution in [0.4, 0.5) is 14.5 Å². The third-order valence-electron chi connectivity index (χ3n) is 7.72. The van der Waals surface area contributed by atoms with Crippen LogP contribution in [0.2, 0.25) is 0 Å². The molecular weight excluding hydrogens is 564 g/mol. The lowest BCUT2D eigenvalue weighted by atomic mass is 9.90. The van der Waals surface area contributed by atoms with Crippen molar-refractivity contribution in [3.8, 4) is 5.75 Å². The number of anilines is 1. The Balaban J connectivity index is 1.30. The number of rotatable bonds is 9. The highest BCUT2D eigenvalue weighted by molar-refractivity contribution is 7.89. The number of piperidine rings is 1. The molecule has 5 rings (SSSR count). The third-order valence-corrected chi connectivity index (χ3v) is 9.64. The Bertz CT molecular complexity index is 1460. The molecule has 0 unspecified atom stereocenters. The Kier molecular flexibility index (Phi) is 9.22. The van der Waals surface area contributed by atoms with Gasteiger partial charge in [-0.3, -0.25) is 9.69 Å².